The monoisotopic (exact) mass is 319 g/mol. The third kappa shape index (κ3) is 2.96. The summed E-state index contributed by atoms with van der Waals surface area (Å²) >= 11 is 5.80. The number of benzene rings is 1. The Hall–Kier alpha value is -2.34. The van der Waals surface area contributed by atoms with Gasteiger partial charge in [0.25, 0.3) is 0 Å². The normalized spacial score (nSPS) is 17.8. The van der Waals surface area contributed by atoms with E-state index in [2.05, 4.69) is 10.5 Å². The van der Waals surface area contributed by atoms with Crippen molar-refractivity contribution in [2.45, 2.75) is 13.3 Å². The van der Waals surface area contributed by atoms with E-state index in [1.807, 2.05) is 0 Å². The molecule has 114 valence electrons. The first-order valence-corrected chi connectivity index (χ1v) is 7.21. The minimum absolute atomic E-state index is 0.135. The van der Waals surface area contributed by atoms with E-state index in [1.165, 1.54) is 4.90 Å². The van der Waals surface area contributed by atoms with Gasteiger partial charge in [-0.3, -0.25) is 14.5 Å². The highest BCUT2D eigenvalue weighted by atomic mass is 35.5. The van der Waals surface area contributed by atoms with Crippen LogP contribution in [0.15, 0.2) is 34.9 Å². The van der Waals surface area contributed by atoms with Crippen molar-refractivity contribution in [1.82, 2.24) is 5.16 Å². The van der Waals surface area contributed by atoms with Gasteiger partial charge in [0.1, 0.15) is 5.76 Å². The molecule has 7 heteroatoms. The summed E-state index contributed by atoms with van der Waals surface area (Å²) in [6, 6.07) is 8.51. The van der Waals surface area contributed by atoms with Crippen molar-refractivity contribution in [2.24, 2.45) is 5.92 Å². The van der Waals surface area contributed by atoms with Gasteiger partial charge in [-0.25, -0.2) is 0 Å². The van der Waals surface area contributed by atoms with Crippen LogP contribution in [0.2, 0.25) is 5.02 Å². The molecule has 0 saturated carbocycles. The number of hydrogen-bond acceptors (Lipinski definition) is 4. The van der Waals surface area contributed by atoms with E-state index in [9.17, 15) is 9.59 Å². The number of hydrogen-bond donors (Lipinski definition) is 1. The molecule has 0 spiro atoms. The maximum absolute atomic E-state index is 12.3. The minimum atomic E-state index is -0.416. The van der Waals surface area contributed by atoms with Crippen LogP contribution in [0.1, 0.15) is 12.2 Å². The summed E-state index contributed by atoms with van der Waals surface area (Å²) in [5.74, 6) is 0.323. The van der Waals surface area contributed by atoms with Gasteiger partial charge < -0.3 is 9.84 Å². The van der Waals surface area contributed by atoms with Crippen molar-refractivity contribution in [3.8, 4) is 0 Å². The molecule has 0 bridgehead atoms. The molecule has 1 fully saturated rings. The molecule has 0 aliphatic carbocycles. The average molecular weight is 320 g/mol. The molecule has 3 rings (SSSR count). The predicted octanol–water partition coefficient (Wildman–Crippen LogP) is 2.63. The largest absolute Gasteiger partial charge is 0.360 e. The number of aryl methyl sites for hydroxylation is 1. The molecular formula is C15H14ClN3O3. The van der Waals surface area contributed by atoms with Crippen molar-refractivity contribution in [2.75, 3.05) is 16.8 Å². The molecule has 1 aliphatic rings. The summed E-state index contributed by atoms with van der Waals surface area (Å²) in [7, 11) is 0. The molecule has 1 aromatic heterocycles. The first kappa shape index (κ1) is 14.6. The highest BCUT2D eigenvalue weighted by molar-refractivity contribution is 6.30. The summed E-state index contributed by atoms with van der Waals surface area (Å²) in [4.78, 5) is 25.8. The Morgan fingerprint density at radius 3 is 2.77 bits per heavy atom. The first-order chi connectivity index (χ1) is 10.5. The summed E-state index contributed by atoms with van der Waals surface area (Å²) < 4.78 is 4.97. The lowest BCUT2D eigenvalue weighted by Gasteiger charge is -2.13. The lowest BCUT2D eigenvalue weighted by atomic mass is 10.1. The molecule has 1 unspecified atom stereocenters. The molecule has 1 aliphatic heterocycles. The van der Waals surface area contributed by atoms with Crippen molar-refractivity contribution in [1.29, 1.82) is 0 Å². The van der Waals surface area contributed by atoms with E-state index < -0.39 is 5.92 Å². The van der Waals surface area contributed by atoms with Crippen molar-refractivity contribution < 1.29 is 14.1 Å². The van der Waals surface area contributed by atoms with Crippen LogP contribution >= 0.6 is 11.6 Å². The van der Waals surface area contributed by atoms with E-state index in [4.69, 9.17) is 16.1 Å². The lowest BCUT2D eigenvalue weighted by molar-refractivity contribution is -0.122. The standard InChI is InChI=1S/C15H14ClN3O3/c1-9-6-13(18-22-9)19-8-10(7-14(19)20)15(21)17-12-4-2-11(16)3-5-12/h2-6,10H,7-8H2,1H3,(H,17,21). The SMILES string of the molecule is Cc1cc(N2CC(C(=O)Nc3ccc(Cl)cc3)CC2=O)no1. The second-order valence-corrected chi connectivity index (χ2v) is 5.63. The quantitative estimate of drug-likeness (QED) is 0.943. The molecule has 22 heavy (non-hydrogen) atoms. The molecule has 1 atom stereocenters. The van der Waals surface area contributed by atoms with Gasteiger partial charge in [-0.2, -0.15) is 0 Å². The molecule has 0 radical (unpaired) electrons. The molecule has 1 saturated heterocycles. The Morgan fingerprint density at radius 1 is 1.41 bits per heavy atom. The van der Waals surface area contributed by atoms with Gasteiger partial charge in [-0.05, 0) is 31.2 Å². The van der Waals surface area contributed by atoms with Crippen molar-refractivity contribution in [3.63, 3.8) is 0 Å². The number of carbonyl (C=O) groups excluding carboxylic acids is 2. The van der Waals surface area contributed by atoms with Gasteiger partial charge in [-0.1, -0.05) is 16.8 Å². The van der Waals surface area contributed by atoms with Crippen LogP contribution in [-0.2, 0) is 9.59 Å². The highest BCUT2D eigenvalue weighted by Gasteiger charge is 2.36. The third-order valence-electron chi connectivity index (χ3n) is 3.50. The van der Waals surface area contributed by atoms with Gasteiger partial charge in [0, 0.05) is 29.7 Å². The van der Waals surface area contributed by atoms with Gasteiger partial charge in [0.2, 0.25) is 11.8 Å². The maximum atomic E-state index is 12.3. The van der Waals surface area contributed by atoms with Crippen molar-refractivity contribution in [3.05, 3.63) is 41.1 Å². The van der Waals surface area contributed by atoms with Crippen LogP contribution in [0.5, 0.6) is 0 Å². The van der Waals surface area contributed by atoms with E-state index in [-0.39, 0.29) is 18.2 Å². The smallest absolute Gasteiger partial charge is 0.229 e. The second kappa shape index (κ2) is 5.81. The number of anilines is 2. The zero-order valence-electron chi connectivity index (χ0n) is 11.9. The van der Waals surface area contributed by atoms with E-state index in [0.29, 0.717) is 28.8 Å². The van der Waals surface area contributed by atoms with Gasteiger partial charge in [-0.15, -0.1) is 0 Å². The fraction of sp³-hybridized carbons (Fsp3) is 0.267. The summed E-state index contributed by atoms with van der Waals surface area (Å²) in [5.41, 5.74) is 0.651. The maximum Gasteiger partial charge on any atom is 0.229 e. The molecule has 2 heterocycles. The van der Waals surface area contributed by atoms with Crippen LogP contribution in [0.25, 0.3) is 0 Å². The molecule has 6 nitrogen and oxygen atoms in total. The topological polar surface area (TPSA) is 75.4 Å². The van der Waals surface area contributed by atoms with E-state index >= 15 is 0 Å². The van der Waals surface area contributed by atoms with Crippen LogP contribution in [-0.4, -0.2) is 23.5 Å². The number of amides is 2. The Labute approximate surface area is 132 Å². The number of rotatable bonds is 3. The van der Waals surface area contributed by atoms with Gasteiger partial charge in [0.05, 0.1) is 5.92 Å². The van der Waals surface area contributed by atoms with Crippen LogP contribution in [0.4, 0.5) is 11.5 Å². The Morgan fingerprint density at radius 2 is 2.14 bits per heavy atom. The van der Waals surface area contributed by atoms with E-state index in [0.717, 1.165) is 0 Å². The molecule has 2 aromatic rings. The van der Waals surface area contributed by atoms with Crippen LogP contribution in [0, 0.1) is 12.8 Å². The van der Waals surface area contributed by atoms with Gasteiger partial charge in [0.15, 0.2) is 5.82 Å². The summed E-state index contributed by atoms with van der Waals surface area (Å²) in [5, 5.41) is 7.21. The molecular weight excluding hydrogens is 306 g/mol. The number of nitrogens with one attached hydrogen (secondary N) is 1. The second-order valence-electron chi connectivity index (χ2n) is 5.20. The van der Waals surface area contributed by atoms with Crippen LogP contribution in [0.3, 0.4) is 0 Å². The Kier molecular flexibility index (Phi) is 3.85. The fourth-order valence-corrected chi connectivity index (χ4v) is 2.49. The predicted molar refractivity (Wildman–Crippen MR) is 81.8 cm³/mol. The molecule has 1 aromatic carbocycles. The fourth-order valence-electron chi connectivity index (χ4n) is 2.36. The minimum Gasteiger partial charge on any atom is -0.360 e. The Balaban J connectivity index is 1.67. The number of nitrogens with zero attached hydrogens (tertiary/aromatic N) is 2. The lowest BCUT2D eigenvalue weighted by Crippen LogP contribution is -2.28. The summed E-state index contributed by atoms with van der Waals surface area (Å²) in [6.45, 7) is 2.05. The number of aromatic nitrogens is 1. The number of halogens is 1. The third-order valence-corrected chi connectivity index (χ3v) is 3.75. The summed E-state index contributed by atoms with van der Waals surface area (Å²) in [6.07, 6.45) is 0.158. The first-order valence-electron chi connectivity index (χ1n) is 6.83. The number of carbonyl (C=O) groups is 2. The molecule has 2 amide bonds. The zero-order valence-corrected chi connectivity index (χ0v) is 12.6. The van der Waals surface area contributed by atoms with Crippen molar-refractivity contribution >= 4 is 34.9 Å². The average Bonchev–Trinajstić information content (AvgIpc) is 3.07. The molecule has 1 N–H and O–H groups in total. The Bertz CT molecular complexity index is 711. The zero-order chi connectivity index (χ0) is 15.7. The van der Waals surface area contributed by atoms with Crippen LogP contribution < -0.4 is 10.2 Å². The van der Waals surface area contributed by atoms with E-state index in [1.54, 1.807) is 37.3 Å². The van der Waals surface area contributed by atoms with Gasteiger partial charge >= 0.3 is 0 Å². The highest BCUT2D eigenvalue weighted by Crippen LogP contribution is 2.25.